The van der Waals surface area contributed by atoms with Crippen LogP contribution >= 0.6 is 11.3 Å². The molecule has 2 aromatic rings. The summed E-state index contributed by atoms with van der Waals surface area (Å²) in [5, 5.41) is 23.7. The Kier molecular flexibility index (Phi) is 4.65. The first-order chi connectivity index (χ1) is 11.9. The number of thiophene rings is 1. The normalized spacial score (nSPS) is 19.6. The number of rotatable bonds is 4. The van der Waals surface area contributed by atoms with E-state index in [0.29, 0.717) is 11.4 Å². The van der Waals surface area contributed by atoms with E-state index in [1.165, 1.54) is 23.5 Å². The highest BCUT2D eigenvalue weighted by Crippen LogP contribution is 2.36. The minimum Gasteiger partial charge on any atom is -0.508 e. The van der Waals surface area contributed by atoms with Gasteiger partial charge >= 0.3 is 0 Å². The van der Waals surface area contributed by atoms with E-state index < -0.39 is 5.72 Å². The first-order valence-electron chi connectivity index (χ1n) is 7.91. The van der Waals surface area contributed by atoms with Gasteiger partial charge in [-0.15, -0.1) is 11.3 Å². The fourth-order valence-corrected chi connectivity index (χ4v) is 3.84. The van der Waals surface area contributed by atoms with Crippen LogP contribution in [-0.2, 0) is 6.54 Å². The molecule has 6 heteroatoms. The monoisotopic (exact) mass is 356 g/mol. The summed E-state index contributed by atoms with van der Waals surface area (Å²) in [4.78, 5) is 14.7. The molecule has 0 saturated carbocycles. The molecule has 25 heavy (non-hydrogen) atoms. The smallest absolute Gasteiger partial charge is 0.261 e. The second-order valence-corrected chi connectivity index (χ2v) is 7.14. The standard InChI is InChI=1S/C19H20N2O3S/c1-13-10-16(21-9-8-15(22)11-19(21,2)24)25-17(13)18(23)20-12-14-6-4-3-5-7-14/h3-11,22,24H,12H2,1-2H3,(H,20,23). The van der Waals surface area contributed by atoms with Gasteiger partial charge in [-0.3, -0.25) is 4.79 Å². The van der Waals surface area contributed by atoms with Crippen LogP contribution in [0.1, 0.15) is 27.7 Å². The number of aryl methyl sites for hydroxylation is 1. The van der Waals surface area contributed by atoms with Crippen LogP contribution in [0.15, 0.2) is 60.5 Å². The van der Waals surface area contributed by atoms with Gasteiger partial charge in [-0.05, 0) is 37.1 Å². The number of carbonyl (C=O) groups excluding carboxylic acids is 1. The number of aliphatic hydroxyl groups excluding tert-OH is 1. The molecule has 1 aromatic carbocycles. The van der Waals surface area contributed by atoms with Crippen molar-refractivity contribution in [2.75, 3.05) is 4.90 Å². The number of benzene rings is 1. The molecule has 0 saturated heterocycles. The van der Waals surface area contributed by atoms with E-state index in [0.717, 1.165) is 16.1 Å². The quantitative estimate of drug-likeness (QED) is 0.784. The SMILES string of the molecule is Cc1cc(N2C=CC(O)=CC2(C)O)sc1C(=O)NCc1ccccc1. The molecule has 0 bridgehead atoms. The second kappa shape index (κ2) is 6.74. The molecule has 1 aliphatic heterocycles. The summed E-state index contributed by atoms with van der Waals surface area (Å²) < 4.78 is 0. The molecule has 3 rings (SSSR count). The average molecular weight is 356 g/mol. The van der Waals surface area contributed by atoms with Crippen molar-refractivity contribution in [3.05, 3.63) is 76.5 Å². The molecule has 3 N–H and O–H groups in total. The van der Waals surface area contributed by atoms with Crippen LogP contribution in [0.5, 0.6) is 0 Å². The molecule has 1 aliphatic rings. The molecule has 1 amide bonds. The number of nitrogens with one attached hydrogen (secondary N) is 1. The number of nitrogens with zero attached hydrogens (tertiary/aromatic N) is 1. The van der Waals surface area contributed by atoms with E-state index in [9.17, 15) is 15.0 Å². The lowest BCUT2D eigenvalue weighted by atomic mass is 10.1. The van der Waals surface area contributed by atoms with E-state index in [1.54, 1.807) is 18.0 Å². The van der Waals surface area contributed by atoms with Crippen LogP contribution in [-0.4, -0.2) is 21.8 Å². The number of carbonyl (C=O) groups is 1. The predicted octanol–water partition coefficient (Wildman–Crippen LogP) is 3.47. The van der Waals surface area contributed by atoms with Gasteiger partial charge in [-0.1, -0.05) is 30.3 Å². The van der Waals surface area contributed by atoms with Gasteiger partial charge in [-0.2, -0.15) is 0 Å². The van der Waals surface area contributed by atoms with E-state index in [2.05, 4.69) is 5.32 Å². The Balaban J connectivity index is 1.76. The topological polar surface area (TPSA) is 72.8 Å². The van der Waals surface area contributed by atoms with Gasteiger partial charge in [0.1, 0.15) is 5.76 Å². The Labute approximate surface area is 150 Å². The summed E-state index contributed by atoms with van der Waals surface area (Å²) >= 11 is 1.30. The first kappa shape index (κ1) is 17.3. The Morgan fingerprint density at radius 1 is 1.32 bits per heavy atom. The van der Waals surface area contributed by atoms with Gasteiger partial charge in [0.05, 0.1) is 9.88 Å². The van der Waals surface area contributed by atoms with Gasteiger partial charge in [0.15, 0.2) is 5.72 Å². The Bertz CT molecular complexity index is 838. The Hall–Kier alpha value is -2.57. The van der Waals surface area contributed by atoms with Crippen LogP contribution in [0.4, 0.5) is 5.00 Å². The van der Waals surface area contributed by atoms with E-state index in [4.69, 9.17) is 0 Å². The molecular formula is C19H20N2O3S. The van der Waals surface area contributed by atoms with E-state index in [-0.39, 0.29) is 11.7 Å². The predicted molar refractivity (Wildman–Crippen MR) is 99.6 cm³/mol. The third kappa shape index (κ3) is 3.75. The summed E-state index contributed by atoms with van der Waals surface area (Å²) in [7, 11) is 0. The van der Waals surface area contributed by atoms with Crippen molar-refractivity contribution >= 4 is 22.2 Å². The van der Waals surface area contributed by atoms with Crippen LogP contribution in [0.2, 0.25) is 0 Å². The number of anilines is 1. The van der Waals surface area contributed by atoms with Crippen molar-refractivity contribution in [2.45, 2.75) is 26.1 Å². The first-order valence-corrected chi connectivity index (χ1v) is 8.73. The zero-order valence-electron chi connectivity index (χ0n) is 14.1. The molecule has 1 aromatic heterocycles. The lowest BCUT2D eigenvalue weighted by Gasteiger charge is -2.34. The van der Waals surface area contributed by atoms with Gasteiger partial charge in [0.2, 0.25) is 0 Å². The van der Waals surface area contributed by atoms with Crippen LogP contribution in [0.3, 0.4) is 0 Å². The number of allylic oxidation sites excluding steroid dienone is 1. The minimum absolute atomic E-state index is 0.00959. The fourth-order valence-electron chi connectivity index (χ4n) is 2.66. The van der Waals surface area contributed by atoms with E-state index in [1.807, 2.05) is 43.3 Å². The van der Waals surface area contributed by atoms with Crippen molar-refractivity contribution in [1.29, 1.82) is 0 Å². The Morgan fingerprint density at radius 2 is 2.04 bits per heavy atom. The summed E-state index contributed by atoms with van der Waals surface area (Å²) in [5.41, 5.74) is 0.523. The van der Waals surface area contributed by atoms with Gasteiger partial charge in [0.25, 0.3) is 5.91 Å². The third-order valence-electron chi connectivity index (χ3n) is 3.95. The van der Waals surface area contributed by atoms with Crippen LogP contribution < -0.4 is 10.2 Å². The number of aliphatic hydroxyl groups is 2. The van der Waals surface area contributed by atoms with Crippen LogP contribution in [0, 0.1) is 6.92 Å². The van der Waals surface area contributed by atoms with Crippen molar-refractivity contribution in [1.82, 2.24) is 5.32 Å². The van der Waals surface area contributed by atoms with Crippen molar-refractivity contribution in [2.24, 2.45) is 0 Å². The van der Waals surface area contributed by atoms with Gasteiger partial charge in [-0.25, -0.2) is 0 Å². The summed E-state index contributed by atoms with van der Waals surface area (Å²) in [6, 6.07) is 11.6. The molecule has 0 fully saturated rings. The Morgan fingerprint density at radius 3 is 2.72 bits per heavy atom. The third-order valence-corrected chi connectivity index (χ3v) is 5.18. The molecule has 0 radical (unpaired) electrons. The number of hydrogen-bond donors (Lipinski definition) is 3. The highest BCUT2D eigenvalue weighted by atomic mass is 32.1. The largest absolute Gasteiger partial charge is 0.508 e. The average Bonchev–Trinajstić information content (AvgIpc) is 2.94. The molecular weight excluding hydrogens is 336 g/mol. The summed E-state index contributed by atoms with van der Waals surface area (Å²) in [6.45, 7) is 3.91. The highest BCUT2D eigenvalue weighted by Gasteiger charge is 2.31. The minimum atomic E-state index is -1.35. The molecule has 130 valence electrons. The number of amides is 1. The molecule has 2 heterocycles. The molecule has 1 unspecified atom stereocenters. The number of hydrogen-bond acceptors (Lipinski definition) is 5. The maximum atomic E-state index is 12.5. The summed E-state index contributed by atoms with van der Waals surface area (Å²) in [5.74, 6) is -0.132. The van der Waals surface area contributed by atoms with Crippen LogP contribution in [0.25, 0.3) is 0 Å². The second-order valence-electron chi connectivity index (χ2n) is 6.11. The van der Waals surface area contributed by atoms with E-state index >= 15 is 0 Å². The molecule has 5 nitrogen and oxygen atoms in total. The maximum absolute atomic E-state index is 12.5. The van der Waals surface area contributed by atoms with Crippen molar-refractivity contribution in [3.63, 3.8) is 0 Å². The van der Waals surface area contributed by atoms with Gasteiger partial charge < -0.3 is 20.4 Å². The fraction of sp³-hybridized carbons (Fsp3) is 0.211. The maximum Gasteiger partial charge on any atom is 0.261 e. The van der Waals surface area contributed by atoms with Gasteiger partial charge in [0, 0.05) is 18.8 Å². The highest BCUT2D eigenvalue weighted by molar-refractivity contribution is 7.18. The molecule has 1 atom stereocenters. The lowest BCUT2D eigenvalue weighted by molar-refractivity contribution is 0.0954. The zero-order chi connectivity index (χ0) is 18.0. The van der Waals surface area contributed by atoms with Crippen molar-refractivity contribution in [3.8, 4) is 0 Å². The molecule has 0 aliphatic carbocycles. The molecule has 0 spiro atoms. The lowest BCUT2D eigenvalue weighted by Crippen LogP contribution is -2.42. The zero-order valence-corrected chi connectivity index (χ0v) is 14.9. The van der Waals surface area contributed by atoms with Crippen molar-refractivity contribution < 1.29 is 15.0 Å². The summed E-state index contributed by atoms with van der Waals surface area (Å²) in [6.07, 6.45) is 4.46.